The highest BCUT2D eigenvalue weighted by Crippen LogP contribution is 2.54. The number of hydrogen-bond donors (Lipinski definition) is 4. The number of hydrazine groups is 1. The summed E-state index contributed by atoms with van der Waals surface area (Å²) in [7, 11) is 0. The van der Waals surface area contributed by atoms with Gasteiger partial charge in [0.25, 0.3) is 0 Å². The van der Waals surface area contributed by atoms with Gasteiger partial charge in [-0.15, -0.1) is 0 Å². The highest BCUT2D eigenvalue weighted by Gasteiger charge is 2.48. The number of hydrogen-bond acceptors (Lipinski definition) is 7. The average molecular weight is 303 g/mol. The van der Waals surface area contributed by atoms with Crippen molar-refractivity contribution >= 4 is 17.8 Å². The molecule has 4 saturated carbocycles. The maximum absolute atomic E-state index is 11.6. The molecule has 0 radical (unpaired) electrons. The first-order chi connectivity index (χ1) is 10.6. The third-order valence-corrected chi connectivity index (χ3v) is 5.51. The molecular weight excluding hydrogens is 282 g/mol. The lowest BCUT2D eigenvalue weighted by molar-refractivity contribution is 0.00728. The Kier molecular flexibility index (Phi) is 3.14. The molecule has 4 fully saturated rings. The van der Waals surface area contributed by atoms with Gasteiger partial charge in [-0.05, 0) is 55.8 Å². The molecule has 4 aliphatic carbocycles. The fraction of sp³-hybridized carbons (Fsp3) is 0.714. The normalized spacial score (nSPS) is 35.4. The molecule has 0 atom stereocenters. The van der Waals surface area contributed by atoms with E-state index in [4.69, 9.17) is 11.6 Å². The summed E-state index contributed by atoms with van der Waals surface area (Å²) in [5, 5.41) is 3.42. The summed E-state index contributed by atoms with van der Waals surface area (Å²) in [5.41, 5.74) is 7.69. The highest BCUT2D eigenvalue weighted by molar-refractivity contribution is 5.90. The molecule has 8 heteroatoms. The smallest absolute Gasteiger partial charge is 0.303 e. The second-order valence-corrected chi connectivity index (χ2v) is 6.92. The number of nitrogens with zero attached hydrogens (tertiary/aromatic N) is 3. The van der Waals surface area contributed by atoms with E-state index in [2.05, 4.69) is 20.3 Å². The standard InChI is InChI=1S/C14H21N7O/c15-13-18-11(12(22)21-16)19-14(20-13)17-10-8-2-6-1-7(4-8)5-9(10)3-6/h6-10H,1-5,16H2,(H,21,22)(H3,15,17,18,19,20). The number of amides is 1. The van der Waals surface area contributed by atoms with Crippen LogP contribution in [0.4, 0.5) is 11.9 Å². The molecule has 5 rings (SSSR count). The van der Waals surface area contributed by atoms with Crippen LogP contribution in [0, 0.1) is 23.7 Å². The third-order valence-electron chi connectivity index (χ3n) is 5.51. The maximum Gasteiger partial charge on any atom is 0.303 e. The Morgan fingerprint density at radius 1 is 1.00 bits per heavy atom. The van der Waals surface area contributed by atoms with Gasteiger partial charge in [-0.2, -0.15) is 15.0 Å². The number of anilines is 2. The minimum atomic E-state index is -0.567. The minimum absolute atomic E-state index is 0.0277. The molecule has 1 heterocycles. The minimum Gasteiger partial charge on any atom is -0.368 e. The SMILES string of the molecule is NNC(=O)c1nc(N)nc(NC2C3CC4CC(C3)CC2C4)n1. The van der Waals surface area contributed by atoms with Crippen molar-refractivity contribution in [1.29, 1.82) is 0 Å². The topological polar surface area (TPSA) is 132 Å². The number of nitrogens with two attached hydrogens (primary N) is 2. The van der Waals surface area contributed by atoms with Gasteiger partial charge < -0.3 is 11.1 Å². The van der Waals surface area contributed by atoms with Crippen LogP contribution in [-0.2, 0) is 0 Å². The van der Waals surface area contributed by atoms with Gasteiger partial charge in [0.15, 0.2) is 0 Å². The Bertz CT molecular complexity index is 577. The number of carbonyl (C=O) groups is 1. The van der Waals surface area contributed by atoms with Crippen LogP contribution in [-0.4, -0.2) is 26.9 Å². The molecule has 4 bridgehead atoms. The summed E-state index contributed by atoms with van der Waals surface area (Å²) in [4.78, 5) is 23.7. The van der Waals surface area contributed by atoms with E-state index in [1.807, 2.05) is 5.43 Å². The van der Waals surface area contributed by atoms with E-state index in [1.54, 1.807) is 0 Å². The molecule has 0 aliphatic heterocycles. The summed E-state index contributed by atoms with van der Waals surface area (Å²) >= 11 is 0. The molecular formula is C14H21N7O. The number of aromatic nitrogens is 3. The van der Waals surface area contributed by atoms with Crippen LogP contribution in [0.25, 0.3) is 0 Å². The van der Waals surface area contributed by atoms with Gasteiger partial charge in [-0.25, -0.2) is 5.84 Å². The van der Waals surface area contributed by atoms with Crippen molar-refractivity contribution in [2.75, 3.05) is 11.1 Å². The Morgan fingerprint density at radius 2 is 1.64 bits per heavy atom. The molecule has 1 aromatic rings. The molecule has 118 valence electrons. The highest BCUT2D eigenvalue weighted by atomic mass is 16.2. The first kappa shape index (κ1) is 13.7. The first-order valence-corrected chi connectivity index (χ1v) is 7.91. The Balaban J connectivity index is 1.56. The predicted molar refractivity (Wildman–Crippen MR) is 80.3 cm³/mol. The molecule has 0 unspecified atom stereocenters. The van der Waals surface area contributed by atoms with Crippen molar-refractivity contribution in [2.45, 2.75) is 38.1 Å². The molecule has 0 aromatic carbocycles. The molecule has 1 amide bonds. The van der Waals surface area contributed by atoms with Gasteiger partial charge in [0.1, 0.15) is 0 Å². The van der Waals surface area contributed by atoms with Crippen molar-refractivity contribution in [1.82, 2.24) is 20.4 Å². The third kappa shape index (κ3) is 2.27. The van der Waals surface area contributed by atoms with E-state index < -0.39 is 5.91 Å². The quantitative estimate of drug-likeness (QED) is 0.358. The van der Waals surface area contributed by atoms with Crippen LogP contribution in [0.5, 0.6) is 0 Å². The fourth-order valence-electron chi connectivity index (χ4n) is 4.93. The molecule has 22 heavy (non-hydrogen) atoms. The van der Waals surface area contributed by atoms with Crippen LogP contribution in [0.15, 0.2) is 0 Å². The van der Waals surface area contributed by atoms with Gasteiger partial charge in [0.2, 0.25) is 17.7 Å². The maximum atomic E-state index is 11.6. The van der Waals surface area contributed by atoms with Crippen molar-refractivity contribution in [2.24, 2.45) is 29.5 Å². The van der Waals surface area contributed by atoms with Crippen molar-refractivity contribution < 1.29 is 4.79 Å². The number of nitrogens with one attached hydrogen (secondary N) is 2. The number of rotatable bonds is 3. The largest absolute Gasteiger partial charge is 0.368 e. The Morgan fingerprint density at radius 3 is 2.23 bits per heavy atom. The zero-order valence-electron chi connectivity index (χ0n) is 12.3. The lowest BCUT2D eigenvalue weighted by atomic mass is 9.54. The predicted octanol–water partition coefficient (Wildman–Crippen LogP) is 0.294. The van der Waals surface area contributed by atoms with Crippen LogP contribution < -0.4 is 22.3 Å². The fourth-order valence-corrected chi connectivity index (χ4v) is 4.93. The lowest BCUT2D eigenvalue weighted by Crippen LogP contribution is -2.51. The van der Waals surface area contributed by atoms with E-state index in [0.29, 0.717) is 23.8 Å². The molecule has 4 aliphatic rings. The summed E-state index contributed by atoms with van der Waals surface area (Å²) in [6.07, 6.45) is 6.59. The molecule has 1 aromatic heterocycles. The second kappa shape index (κ2) is 5.05. The van der Waals surface area contributed by atoms with E-state index in [1.165, 1.54) is 32.1 Å². The number of carbonyl (C=O) groups excluding carboxylic acids is 1. The van der Waals surface area contributed by atoms with Crippen molar-refractivity contribution in [3.05, 3.63) is 5.82 Å². The van der Waals surface area contributed by atoms with Gasteiger partial charge in [-0.1, -0.05) is 0 Å². The summed E-state index contributed by atoms with van der Waals surface area (Å²) in [5.74, 6) is 8.08. The molecule has 6 N–H and O–H groups in total. The van der Waals surface area contributed by atoms with E-state index >= 15 is 0 Å². The van der Waals surface area contributed by atoms with Crippen LogP contribution >= 0.6 is 0 Å². The van der Waals surface area contributed by atoms with E-state index in [-0.39, 0.29) is 11.8 Å². The van der Waals surface area contributed by atoms with Gasteiger partial charge in [-0.3, -0.25) is 10.2 Å². The van der Waals surface area contributed by atoms with Crippen LogP contribution in [0.2, 0.25) is 0 Å². The Labute approximate surface area is 128 Å². The Hall–Kier alpha value is -1.96. The van der Waals surface area contributed by atoms with E-state index in [9.17, 15) is 4.79 Å². The van der Waals surface area contributed by atoms with E-state index in [0.717, 1.165) is 11.8 Å². The number of nitrogen functional groups attached to an aromatic ring is 2. The van der Waals surface area contributed by atoms with Gasteiger partial charge in [0.05, 0.1) is 0 Å². The van der Waals surface area contributed by atoms with Gasteiger partial charge >= 0.3 is 5.91 Å². The van der Waals surface area contributed by atoms with Crippen LogP contribution in [0.1, 0.15) is 42.7 Å². The van der Waals surface area contributed by atoms with Crippen molar-refractivity contribution in [3.8, 4) is 0 Å². The van der Waals surface area contributed by atoms with Gasteiger partial charge in [0, 0.05) is 6.04 Å². The first-order valence-electron chi connectivity index (χ1n) is 7.91. The lowest BCUT2D eigenvalue weighted by Gasteiger charge is -2.54. The zero-order valence-corrected chi connectivity index (χ0v) is 12.3. The van der Waals surface area contributed by atoms with Crippen LogP contribution in [0.3, 0.4) is 0 Å². The molecule has 0 spiro atoms. The molecule has 8 nitrogen and oxygen atoms in total. The monoisotopic (exact) mass is 303 g/mol. The summed E-state index contributed by atoms with van der Waals surface area (Å²) < 4.78 is 0. The summed E-state index contributed by atoms with van der Waals surface area (Å²) in [6.45, 7) is 0. The zero-order chi connectivity index (χ0) is 15.3. The second-order valence-electron chi connectivity index (χ2n) is 6.92. The molecule has 0 saturated heterocycles. The summed E-state index contributed by atoms with van der Waals surface area (Å²) in [6, 6.07) is 0.378. The van der Waals surface area contributed by atoms with Crippen molar-refractivity contribution in [3.63, 3.8) is 0 Å². The average Bonchev–Trinajstić information content (AvgIpc) is 2.49.